The highest BCUT2D eigenvalue weighted by Gasteiger charge is 2.86. The second-order valence-corrected chi connectivity index (χ2v) is 22.0. The van der Waals surface area contributed by atoms with Crippen molar-refractivity contribution < 1.29 is 47.7 Å². The van der Waals surface area contributed by atoms with Crippen LogP contribution in [0.2, 0.25) is 0 Å². The van der Waals surface area contributed by atoms with Crippen LogP contribution in [-0.2, 0) is 47.7 Å². The summed E-state index contributed by atoms with van der Waals surface area (Å²) in [6.07, 6.45) is 17.5. The van der Waals surface area contributed by atoms with Gasteiger partial charge in [-0.3, -0.25) is 24.0 Å². The molecule has 0 bridgehead atoms. The van der Waals surface area contributed by atoms with Crippen molar-refractivity contribution in [2.24, 2.45) is 63.1 Å². The minimum Gasteiger partial charge on any atom is -0.469 e. The Hall–Kier alpha value is -2.85. The standard InChI is InChI=1S/C24H30O6.C23H28O4/c1-21-7-4-14(25)10-13(21)11-15(20(27)28-3)19-16-5-8-23(9-6-18(26)30-23)22(16,2)12-17-24(19,21)29-17;1-20-6-3-12(24)9-16(20)13-10-14(13)19-15-4-7-22(8-5-18(25)27-22)21(15,2)11-17-23(19,20)26-17/h10,15-17,19H,4-9,11-12H2,1-3H3;9,13-15,17,19H,3-8,10-11H2,1-2H3/t15?,16?,17?,19?,21?,22?,23-,24?;13?,14?,15?,17?,19?,20?,21?,22-,23?/m11/s1. The van der Waals surface area contributed by atoms with Crippen LogP contribution in [0.1, 0.15) is 130 Å². The van der Waals surface area contributed by atoms with Gasteiger partial charge in [-0.05, 0) is 119 Å². The Labute approximate surface area is 334 Å². The van der Waals surface area contributed by atoms with Gasteiger partial charge in [0.1, 0.15) is 22.4 Å². The minimum absolute atomic E-state index is 0.00124. The number of ether oxygens (including phenoxy) is 5. The number of epoxide rings is 2. The molecule has 0 aromatic rings. The molecule has 10 heteroatoms. The SMILES string of the molecule is CC12CCC(=O)C=C1C1CC1C1C3CC[C@@]4(CCC(=O)O4)C3(C)CC3OC312.COC(=O)C1CC2=CC(=O)CCC2(C)C23OC2CC2(C)C(CC[C@@]24CCC(=O)O4)C13. The van der Waals surface area contributed by atoms with Gasteiger partial charge in [-0.1, -0.05) is 38.8 Å². The van der Waals surface area contributed by atoms with E-state index in [0.717, 1.165) is 63.4 Å². The summed E-state index contributed by atoms with van der Waals surface area (Å²) in [7, 11) is 1.45. The fourth-order valence-corrected chi connectivity index (χ4v) is 17.8. The van der Waals surface area contributed by atoms with Crippen molar-refractivity contribution in [2.45, 2.75) is 165 Å². The van der Waals surface area contributed by atoms with Crippen molar-refractivity contribution >= 4 is 29.5 Å². The number of methoxy groups -OCH3 is 1. The van der Waals surface area contributed by atoms with Crippen LogP contribution in [0.15, 0.2) is 23.3 Å². The fourth-order valence-electron chi connectivity index (χ4n) is 17.8. The molecule has 306 valence electrons. The molecule has 0 amide bonds. The summed E-state index contributed by atoms with van der Waals surface area (Å²) in [5.74, 6) is 2.57. The van der Waals surface area contributed by atoms with Gasteiger partial charge >= 0.3 is 17.9 Å². The van der Waals surface area contributed by atoms with Crippen LogP contribution in [-0.4, -0.2) is 71.2 Å². The minimum atomic E-state index is -0.424. The Morgan fingerprint density at radius 3 is 1.79 bits per heavy atom. The molecule has 7 saturated carbocycles. The highest BCUT2D eigenvalue weighted by atomic mass is 16.6. The Morgan fingerprint density at radius 2 is 1.23 bits per heavy atom. The van der Waals surface area contributed by atoms with Gasteiger partial charge in [0.15, 0.2) is 11.6 Å². The lowest BCUT2D eigenvalue weighted by Crippen LogP contribution is -2.63. The first-order chi connectivity index (χ1) is 27.1. The Kier molecular flexibility index (Phi) is 6.77. The molecule has 10 nitrogen and oxygen atoms in total. The molecule has 0 radical (unpaired) electrons. The van der Waals surface area contributed by atoms with Gasteiger partial charge in [-0.2, -0.15) is 0 Å². The average Bonchev–Trinajstić information content (AvgIpc) is 4.11. The first-order valence-electron chi connectivity index (χ1n) is 22.4. The van der Waals surface area contributed by atoms with Gasteiger partial charge in [-0.25, -0.2) is 0 Å². The Morgan fingerprint density at radius 1 is 0.684 bits per heavy atom. The molecule has 57 heavy (non-hydrogen) atoms. The van der Waals surface area contributed by atoms with Crippen LogP contribution in [0.5, 0.6) is 0 Å². The molecule has 11 fully saturated rings. The van der Waals surface area contributed by atoms with Crippen LogP contribution in [0.3, 0.4) is 0 Å². The number of hydrogen-bond acceptors (Lipinski definition) is 10. The monoisotopic (exact) mass is 782 g/mol. The number of ketones is 2. The predicted molar refractivity (Wildman–Crippen MR) is 202 cm³/mol. The van der Waals surface area contributed by atoms with E-state index in [9.17, 15) is 24.0 Å². The van der Waals surface area contributed by atoms with Crippen LogP contribution >= 0.6 is 0 Å². The fraction of sp³-hybridized carbons (Fsp3) is 0.809. The zero-order valence-electron chi connectivity index (χ0n) is 34.2. The van der Waals surface area contributed by atoms with Crippen LogP contribution in [0, 0.1) is 63.1 Å². The van der Waals surface area contributed by atoms with E-state index in [0.29, 0.717) is 61.6 Å². The molecular formula is C47H58O10. The third kappa shape index (κ3) is 3.97. The van der Waals surface area contributed by atoms with Gasteiger partial charge in [0, 0.05) is 53.3 Å². The summed E-state index contributed by atoms with van der Waals surface area (Å²) in [6.45, 7) is 9.32. The van der Waals surface area contributed by atoms with Gasteiger partial charge < -0.3 is 23.7 Å². The molecular weight excluding hydrogens is 725 g/mol. The molecule has 13 aliphatic rings. The molecule has 4 spiro atoms. The lowest BCUT2D eigenvalue weighted by Gasteiger charge is -2.58. The van der Waals surface area contributed by atoms with Gasteiger partial charge in [0.2, 0.25) is 0 Å². The third-order valence-corrected chi connectivity index (χ3v) is 20.7. The maximum absolute atomic E-state index is 13.0. The number of fused-ring (bicyclic) bond motifs is 11. The normalized spacial score (nSPS) is 57.4. The van der Waals surface area contributed by atoms with E-state index in [1.165, 1.54) is 25.5 Å². The van der Waals surface area contributed by atoms with Crippen molar-refractivity contribution in [1.29, 1.82) is 0 Å². The van der Waals surface area contributed by atoms with E-state index in [-0.39, 0.29) is 86.5 Å². The first-order valence-corrected chi connectivity index (χ1v) is 22.4. The molecule has 0 aromatic carbocycles. The highest BCUT2D eigenvalue weighted by Crippen LogP contribution is 2.83. The molecule has 9 aliphatic carbocycles. The average molecular weight is 783 g/mol. The molecule has 0 aromatic heterocycles. The van der Waals surface area contributed by atoms with Crippen molar-refractivity contribution in [2.75, 3.05) is 7.11 Å². The predicted octanol–water partition coefficient (Wildman–Crippen LogP) is 6.71. The van der Waals surface area contributed by atoms with Crippen LogP contribution < -0.4 is 0 Å². The summed E-state index contributed by atoms with van der Waals surface area (Å²) >= 11 is 0. The van der Waals surface area contributed by atoms with Crippen molar-refractivity contribution in [1.82, 2.24) is 0 Å². The number of rotatable bonds is 1. The van der Waals surface area contributed by atoms with Crippen molar-refractivity contribution in [3.8, 4) is 0 Å². The third-order valence-electron chi connectivity index (χ3n) is 20.7. The van der Waals surface area contributed by atoms with E-state index in [4.69, 9.17) is 23.7 Å². The molecule has 13 rings (SSSR count). The van der Waals surface area contributed by atoms with Crippen LogP contribution in [0.4, 0.5) is 0 Å². The summed E-state index contributed by atoms with van der Waals surface area (Å²) in [4.78, 5) is 61.6. The number of carbonyl (C=O) groups is 5. The number of esters is 3. The second kappa shape index (κ2) is 10.7. The highest BCUT2D eigenvalue weighted by molar-refractivity contribution is 5.93. The summed E-state index contributed by atoms with van der Waals surface area (Å²) < 4.78 is 30.7. The van der Waals surface area contributed by atoms with E-state index in [1.54, 1.807) is 6.08 Å². The number of carbonyl (C=O) groups excluding carboxylic acids is 5. The smallest absolute Gasteiger partial charge is 0.309 e. The lowest BCUT2D eigenvalue weighted by molar-refractivity contribution is -0.172. The molecule has 0 N–H and O–H groups in total. The lowest BCUT2D eigenvalue weighted by atomic mass is 9.43. The molecule has 15 unspecified atom stereocenters. The summed E-state index contributed by atoms with van der Waals surface area (Å²) in [5.41, 5.74) is 1.06. The maximum Gasteiger partial charge on any atom is 0.309 e. The van der Waals surface area contributed by atoms with Crippen LogP contribution in [0.25, 0.3) is 0 Å². The second-order valence-electron chi connectivity index (χ2n) is 22.0. The molecule has 4 aliphatic heterocycles. The quantitative estimate of drug-likeness (QED) is 0.160. The maximum atomic E-state index is 13.0. The van der Waals surface area contributed by atoms with Crippen molar-refractivity contribution in [3.63, 3.8) is 0 Å². The van der Waals surface area contributed by atoms with Gasteiger partial charge in [0.05, 0.1) is 25.2 Å². The summed E-state index contributed by atoms with van der Waals surface area (Å²) in [5, 5.41) is 0. The van der Waals surface area contributed by atoms with Crippen molar-refractivity contribution in [3.05, 3.63) is 23.3 Å². The van der Waals surface area contributed by atoms with E-state index in [2.05, 4.69) is 27.7 Å². The van der Waals surface area contributed by atoms with Gasteiger partial charge in [-0.15, -0.1) is 0 Å². The Bertz CT molecular complexity index is 2040. The van der Waals surface area contributed by atoms with E-state index in [1.807, 2.05) is 6.08 Å². The largest absolute Gasteiger partial charge is 0.469 e. The van der Waals surface area contributed by atoms with Gasteiger partial charge in [0.25, 0.3) is 0 Å². The topological polar surface area (TPSA) is 138 Å². The zero-order valence-corrected chi connectivity index (χ0v) is 34.2. The Balaban J connectivity index is 0.000000125. The number of hydrogen-bond donors (Lipinski definition) is 0. The zero-order chi connectivity index (χ0) is 39.5. The van der Waals surface area contributed by atoms with E-state index < -0.39 is 11.2 Å². The van der Waals surface area contributed by atoms with E-state index >= 15 is 0 Å². The first kappa shape index (κ1) is 36.0. The molecule has 4 heterocycles. The molecule has 17 atom stereocenters. The summed E-state index contributed by atoms with van der Waals surface area (Å²) in [6, 6.07) is 0. The molecule has 4 saturated heterocycles.